The Kier molecular flexibility index (Phi) is 7.27. The molecule has 2 aromatic rings. The molecule has 0 spiro atoms. The Balaban J connectivity index is 2.03. The number of esters is 1. The number of nitro benzene ring substituents is 1. The van der Waals surface area contributed by atoms with Gasteiger partial charge in [-0.15, -0.1) is 11.8 Å². The Labute approximate surface area is 169 Å². The van der Waals surface area contributed by atoms with E-state index in [1.807, 2.05) is 10.8 Å². The number of nitrogens with zero attached hydrogens (tertiary/aromatic N) is 2. The zero-order chi connectivity index (χ0) is 21.6. The zero-order valence-corrected chi connectivity index (χ0v) is 16.5. The summed E-state index contributed by atoms with van der Waals surface area (Å²) in [6.45, 7) is -1.25. The molecule has 0 heterocycles. The third kappa shape index (κ3) is 5.74. The van der Waals surface area contributed by atoms with Gasteiger partial charge in [-0.1, -0.05) is 0 Å². The van der Waals surface area contributed by atoms with Crippen LogP contribution in [0, 0.1) is 27.3 Å². The summed E-state index contributed by atoms with van der Waals surface area (Å²) in [5, 5.41) is 19.9. The normalized spacial score (nSPS) is 10.9. The van der Waals surface area contributed by atoms with E-state index >= 15 is 0 Å². The molecule has 0 atom stereocenters. The number of benzene rings is 2. The molecule has 0 fully saturated rings. The van der Waals surface area contributed by atoms with Crippen molar-refractivity contribution in [3.8, 4) is 6.07 Å². The van der Waals surface area contributed by atoms with Crippen molar-refractivity contribution < 1.29 is 27.3 Å². The van der Waals surface area contributed by atoms with Crippen LogP contribution in [0.2, 0.25) is 0 Å². The number of halogens is 1. The fourth-order valence-electron chi connectivity index (χ4n) is 2.18. The number of ether oxygens (including phenoxy) is 1. The van der Waals surface area contributed by atoms with Crippen LogP contribution in [0.1, 0.15) is 11.1 Å². The van der Waals surface area contributed by atoms with Gasteiger partial charge in [0.1, 0.15) is 19.0 Å². The molecule has 0 aromatic heterocycles. The van der Waals surface area contributed by atoms with Gasteiger partial charge in [0.2, 0.25) is 10.0 Å². The second-order valence-electron chi connectivity index (χ2n) is 5.49. The first-order valence-corrected chi connectivity index (χ1v) is 10.5. The van der Waals surface area contributed by atoms with Gasteiger partial charge in [-0.05, 0) is 36.6 Å². The second kappa shape index (κ2) is 9.46. The molecule has 0 amide bonds. The van der Waals surface area contributed by atoms with Crippen LogP contribution < -0.4 is 4.72 Å². The van der Waals surface area contributed by atoms with Crippen LogP contribution in [0.5, 0.6) is 0 Å². The summed E-state index contributed by atoms with van der Waals surface area (Å²) in [6.07, 6.45) is 1.61. The van der Waals surface area contributed by atoms with Gasteiger partial charge >= 0.3 is 5.97 Å². The molecule has 1 N–H and O–H groups in total. The average Bonchev–Trinajstić information content (AvgIpc) is 2.71. The maximum absolute atomic E-state index is 13.6. The van der Waals surface area contributed by atoms with Crippen molar-refractivity contribution in [3.05, 3.63) is 63.5 Å². The van der Waals surface area contributed by atoms with Crippen molar-refractivity contribution in [2.45, 2.75) is 16.4 Å². The molecule has 0 saturated carbocycles. The maximum Gasteiger partial charge on any atom is 0.321 e. The smallest absolute Gasteiger partial charge is 0.321 e. The van der Waals surface area contributed by atoms with Gasteiger partial charge in [-0.25, -0.2) is 12.8 Å². The third-order valence-electron chi connectivity index (χ3n) is 3.63. The Bertz CT molecular complexity index is 1100. The monoisotopic (exact) mass is 439 g/mol. The summed E-state index contributed by atoms with van der Waals surface area (Å²) >= 11 is 1.09. The molecule has 12 heteroatoms. The number of carbonyl (C=O) groups excluding carboxylic acids is 1. The fourth-order valence-corrected chi connectivity index (χ4v) is 3.72. The summed E-state index contributed by atoms with van der Waals surface area (Å²) < 4.78 is 45.0. The van der Waals surface area contributed by atoms with Gasteiger partial charge < -0.3 is 4.74 Å². The quantitative estimate of drug-likeness (QED) is 0.286. The average molecular weight is 439 g/mol. The summed E-state index contributed by atoms with van der Waals surface area (Å²) in [5.41, 5.74) is -0.243. The van der Waals surface area contributed by atoms with Crippen LogP contribution in [-0.2, 0) is 26.2 Å². The van der Waals surface area contributed by atoms with Gasteiger partial charge in [0.15, 0.2) is 0 Å². The van der Waals surface area contributed by atoms with Crippen LogP contribution in [0.3, 0.4) is 0 Å². The molecule has 9 nitrogen and oxygen atoms in total. The molecule has 0 bridgehead atoms. The van der Waals surface area contributed by atoms with Gasteiger partial charge in [0.05, 0.1) is 26.3 Å². The molecule has 29 heavy (non-hydrogen) atoms. The number of nitrogens with one attached hydrogen (secondary N) is 1. The van der Waals surface area contributed by atoms with Crippen molar-refractivity contribution in [1.29, 1.82) is 5.26 Å². The molecule has 0 aliphatic rings. The van der Waals surface area contributed by atoms with Crippen molar-refractivity contribution in [3.63, 3.8) is 0 Å². The predicted molar refractivity (Wildman–Crippen MR) is 101 cm³/mol. The lowest BCUT2D eigenvalue weighted by molar-refractivity contribution is -0.387. The minimum atomic E-state index is -4.22. The van der Waals surface area contributed by atoms with Crippen molar-refractivity contribution in [1.82, 2.24) is 4.72 Å². The highest BCUT2D eigenvalue weighted by Gasteiger charge is 2.22. The van der Waals surface area contributed by atoms with Crippen LogP contribution in [-0.4, -0.2) is 32.1 Å². The van der Waals surface area contributed by atoms with E-state index in [4.69, 9.17) is 10.00 Å². The Morgan fingerprint density at radius 3 is 2.69 bits per heavy atom. The number of hydrogen-bond donors (Lipinski definition) is 1. The van der Waals surface area contributed by atoms with Crippen LogP contribution in [0.15, 0.2) is 46.2 Å². The van der Waals surface area contributed by atoms with E-state index in [1.54, 1.807) is 6.26 Å². The minimum absolute atomic E-state index is 0.0384. The van der Waals surface area contributed by atoms with E-state index in [0.29, 0.717) is 0 Å². The van der Waals surface area contributed by atoms with Gasteiger partial charge in [-0.2, -0.15) is 9.98 Å². The molecule has 0 aliphatic carbocycles. The van der Waals surface area contributed by atoms with Gasteiger partial charge in [0.25, 0.3) is 5.69 Å². The first-order chi connectivity index (χ1) is 13.7. The zero-order valence-electron chi connectivity index (χ0n) is 14.9. The lowest BCUT2D eigenvalue weighted by Gasteiger charge is -2.09. The molecule has 0 aliphatic heterocycles. The molecule has 2 rings (SSSR count). The predicted octanol–water partition coefficient (Wildman–Crippen LogP) is 2.35. The number of carbonyl (C=O) groups is 1. The van der Waals surface area contributed by atoms with Crippen LogP contribution >= 0.6 is 11.8 Å². The first-order valence-electron chi connectivity index (χ1n) is 7.84. The number of nitro groups is 1. The standard InChI is InChI=1S/C17H14FN3O6S2/c1-28-16-5-3-13(7-15(16)21(23)24)29(25,26)20-9-17(22)27-10-12-6-11(8-19)2-4-14(12)18/h2-7,20H,9-10H2,1H3. The molecule has 0 unspecified atom stereocenters. The number of rotatable bonds is 8. The summed E-state index contributed by atoms with van der Waals surface area (Å²) in [5.74, 6) is -1.68. The molecular formula is C17H14FN3O6S2. The van der Waals surface area contributed by atoms with E-state index < -0.39 is 39.9 Å². The highest BCUT2D eigenvalue weighted by atomic mass is 32.2. The van der Waals surface area contributed by atoms with Crippen LogP contribution in [0.4, 0.5) is 10.1 Å². The number of nitriles is 1. The van der Waals surface area contributed by atoms with Crippen molar-refractivity contribution in [2.75, 3.05) is 12.8 Å². The summed E-state index contributed by atoms with van der Waals surface area (Å²) in [6, 6.07) is 8.70. The molecule has 2 aromatic carbocycles. The lowest BCUT2D eigenvalue weighted by Crippen LogP contribution is -2.30. The maximum atomic E-state index is 13.6. The Morgan fingerprint density at radius 1 is 1.34 bits per heavy atom. The first kappa shape index (κ1) is 22.3. The largest absolute Gasteiger partial charge is 0.460 e. The van der Waals surface area contributed by atoms with E-state index in [-0.39, 0.29) is 26.6 Å². The Morgan fingerprint density at radius 2 is 2.07 bits per heavy atom. The fraction of sp³-hybridized carbons (Fsp3) is 0.176. The number of hydrogen-bond acceptors (Lipinski definition) is 8. The van der Waals surface area contributed by atoms with E-state index in [9.17, 15) is 27.7 Å². The number of sulfonamides is 1. The molecule has 0 saturated heterocycles. The Hall–Kier alpha value is -3.01. The lowest BCUT2D eigenvalue weighted by atomic mass is 10.1. The van der Waals surface area contributed by atoms with Gasteiger partial charge in [0, 0.05) is 11.6 Å². The van der Waals surface area contributed by atoms with Gasteiger partial charge in [-0.3, -0.25) is 14.9 Å². The van der Waals surface area contributed by atoms with Crippen molar-refractivity contribution >= 4 is 33.4 Å². The van der Waals surface area contributed by atoms with E-state index in [1.165, 1.54) is 24.3 Å². The molecule has 0 radical (unpaired) electrons. The van der Waals surface area contributed by atoms with E-state index in [2.05, 4.69) is 0 Å². The second-order valence-corrected chi connectivity index (χ2v) is 8.11. The topological polar surface area (TPSA) is 139 Å². The van der Waals surface area contributed by atoms with Crippen LogP contribution in [0.25, 0.3) is 0 Å². The highest BCUT2D eigenvalue weighted by Crippen LogP contribution is 2.29. The summed E-state index contributed by atoms with van der Waals surface area (Å²) in [7, 11) is -4.22. The number of thioether (sulfide) groups is 1. The summed E-state index contributed by atoms with van der Waals surface area (Å²) in [4.78, 5) is 22.1. The minimum Gasteiger partial charge on any atom is -0.460 e. The molecule has 152 valence electrons. The van der Waals surface area contributed by atoms with Crippen molar-refractivity contribution in [2.24, 2.45) is 0 Å². The SMILES string of the molecule is CSc1ccc(S(=O)(=O)NCC(=O)OCc2cc(C#N)ccc2F)cc1[N+](=O)[O-]. The highest BCUT2D eigenvalue weighted by molar-refractivity contribution is 7.98. The molecular weight excluding hydrogens is 425 g/mol. The third-order valence-corrected chi connectivity index (χ3v) is 5.81. The van der Waals surface area contributed by atoms with E-state index in [0.717, 1.165) is 23.9 Å².